The number of fused-ring (bicyclic) bond motifs is 1. The first kappa shape index (κ1) is 24.0. The maximum absolute atomic E-state index is 10.1. The number of aromatic nitrogens is 2. The molecule has 0 amide bonds. The van der Waals surface area contributed by atoms with Crippen molar-refractivity contribution >= 4 is 27.3 Å². The Hall–Kier alpha value is -3.74. The number of thiophene rings is 1. The van der Waals surface area contributed by atoms with Crippen molar-refractivity contribution in [1.29, 1.82) is 5.26 Å². The molecule has 0 spiro atoms. The second kappa shape index (κ2) is 9.72. The molecule has 0 bridgehead atoms. The lowest BCUT2D eigenvalue weighted by atomic mass is 9.83. The van der Waals surface area contributed by atoms with E-state index in [4.69, 9.17) is 19.9 Å². The van der Waals surface area contributed by atoms with Crippen molar-refractivity contribution in [2.45, 2.75) is 26.4 Å². The molecule has 0 fully saturated rings. The van der Waals surface area contributed by atoms with Gasteiger partial charge in [-0.25, -0.2) is 0 Å². The van der Waals surface area contributed by atoms with Gasteiger partial charge in [-0.15, -0.1) is 16.4 Å². The highest BCUT2D eigenvalue weighted by atomic mass is 79.9. The van der Waals surface area contributed by atoms with E-state index in [-0.39, 0.29) is 5.88 Å². The van der Waals surface area contributed by atoms with Crippen LogP contribution in [0.2, 0.25) is 0 Å². The molecule has 7 nitrogen and oxygen atoms in total. The predicted octanol–water partition coefficient (Wildman–Crippen LogP) is 6.32. The van der Waals surface area contributed by atoms with E-state index in [1.54, 1.807) is 18.4 Å². The van der Waals surface area contributed by atoms with Gasteiger partial charge >= 0.3 is 0 Å². The number of rotatable bonds is 6. The van der Waals surface area contributed by atoms with Crippen molar-refractivity contribution in [1.82, 2.24) is 10.2 Å². The molecule has 0 aliphatic carbocycles. The number of aromatic amines is 1. The Balaban J connectivity index is 1.62. The van der Waals surface area contributed by atoms with E-state index < -0.39 is 5.92 Å². The van der Waals surface area contributed by atoms with Crippen LogP contribution in [0.15, 0.2) is 64.5 Å². The fraction of sp³-hybridized carbons (Fsp3) is 0.185. The van der Waals surface area contributed by atoms with E-state index in [1.165, 1.54) is 4.88 Å². The van der Waals surface area contributed by atoms with Crippen molar-refractivity contribution in [3.05, 3.63) is 90.9 Å². The van der Waals surface area contributed by atoms with Gasteiger partial charge in [-0.1, -0.05) is 30.3 Å². The molecule has 0 saturated heterocycles. The molecule has 182 valence electrons. The van der Waals surface area contributed by atoms with Gasteiger partial charge in [0, 0.05) is 15.3 Å². The monoisotopic (exact) mass is 562 g/mol. The fourth-order valence-corrected chi connectivity index (χ4v) is 5.94. The van der Waals surface area contributed by atoms with Crippen molar-refractivity contribution in [3.8, 4) is 34.7 Å². The summed E-state index contributed by atoms with van der Waals surface area (Å²) in [5.74, 6) is 0.983. The minimum absolute atomic E-state index is 0.0331. The maximum atomic E-state index is 10.1. The first-order chi connectivity index (χ1) is 17.4. The van der Waals surface area contributed by atoms with E-state index in [9.17, 15) is 5.26 Å². The Morgan fingerprint density at radius 1 is 1.22 bits per heavy atom. The van der Waals surface area contributed by atoms with E-state index in [0.717, 1.165) is 32.8 Å². The first-order valence-corrected chi connectivity index (χ1v) is 12.8. The zero-order valence-corrected chi connectivity index (χ0v) is 22.3. The number of nitrogens with zero attached hydrogens (tertiary/aromatic N) is 2. The summed E-state index contributed by atoms with van der Waals surface area (Å²) in [5.41, 5.74) is 10.9. The lowest BCUT2D eigenvalue weighted by Crippen LogP contribution is -2.21. The highest BCUT2D eigenvalue weighted by Gasteiger charge is 2.37. The SMILES string of the molecule is COc1cc([C@H]2C(C#N)=C(N)Oc3n[nH]c(-c4cc(C)sc4C)c32)cc(Br)c1OCc1ccccc1. The Morgan fingerprint density at radius 2 is 2.00 bits per heavy atom. The normalized spacial score (nSPS) is 14.7. The summed E-state index contributed by atoms with van der Waals surface area (Å²) in [6.07, 6.45) is 0. The first-order valence-electron chi connectivity index (χ1n) is 11.2. The van der Waals surface area contributed by atoms with Crippen LogP contribution in [0.4, 0.5) is 0 Å². The molecule has 2 aromatic heterocycles. The van der Waals surface area contributed by atoms with Crippen molar-refractivity contribution in [3.63, 3.8) is 0 Å². The van der Waals surface area contributed by atoms with Gasteiger partial charge in [0.25, 0.3) is 0 Å². The van der Waals surface area contributed by atoms with Gasteiger partial charge < -0.3 is 19.9 Å². The number of methoxy groups -OCH3 is 1. The molecule has 1 aliphatic rings. The molecule has 36 heavy (non-hydrogen) atoms. The summed E-state index contributed by atoms with van der Waals surface area (Å²) in [5, 5.41) is 17.6. The average Bonchev–Trinajstić information content (AvgIpc) is 3.43. The second-order valence-electron chi connectivity index (χ2n) is 8.38. The highest BCUT2D eigenvalue weighted by Crippen LogP contribution is 2.49. The summed E-state index contributed by atoms with van der Waals surface area (Å²) in [6, 6.07) is 18.1. The summed E-state index contributed by atoms with van der Waals surface area (Å²) in [7, 11) is 1.59. The smallest absolute Gasteiger partial charge is 0.244 e. The minimum Gasteiger partial charge on any atom is -0.493 e. The molecular formula is C27H23BrN4O3S. The van der Waals surface area contributed by atoms with Gasteiger partial charge in [-0.2, -0.15) is 5.26 Å². The molecule has 3 N–H and O–H groups in total. The Kier molecular flexibility index (Phi) is 6.48. The van der Waals surface area contributed by atoms with Crippen molar-refractivity contribution < 1.29 is 14.2 Å². The van der Waals surface area contributed by atoms with Crippen LogP contribution in [0, 0.1) is 25.2 Å². The topological polar surface area (TPSA) is 106 Å². The number of hydrogen-bond acceptors (Lipinski definition) is 7. The lowest BCUT2D eigenvalue weighted by Gasteiger charge is -2.25. The third-order valence-corrected chi connectivity index (χ3v) is 7.62. The zero-order valence-electron chi connectivity index (χ0n) is 19.9. The van der Waals surface area contributed by atoms with E-state index in [2.05, 4.69) is 52.1 Å². The number of H-pyrrole nitrogens is 1. The number of allylic oxidation sites excluding steroid dienone is 1. The number of benzene rings is 2. The van der Waals surface area contributed by atoms with Crippen molar-refractivity contribution in [2.24, 2.45) is 5.73 Å². The number of hydrogen-bond donors (Lipinski definition) is 2. The number of nitrogens with one attached hydrogen (secondary N) is 1. The van der Waals surface area contributed by atoms with Gasteiger partial charge in [0.2, 0.25) is 11.8 Å². The molecule has 0 unspecified atom stereocenters. The van der Waals surface area contributed by atoms with Crippen LogP contribution in [-0.2, 0) is 6.61 Å². The van der Waals surface area contributed by atoms with E-state index in [0.29, 0.717) is 34.0 Å². The molecular weight excluding hydrogens is 540 g/mol. The van der Waals surface area contributed by atoms with Crippen LogP contribution < -0.4 is 19.9 Å². The predicted molar refractivity (Wildman–Crippen MR) is 142 cm³/mol. The molecule has 5 rings (SSSR count). The van der Waals surface area contributed by atoms with Crippen LogP contribution in [0.1, 0.15) is 32.4 Å². The van der Waals surface area contributed by atoms with Crippen LogP contribution >= 0.6 is 27.3 Å². The van der Waals surface area contributed by atoms with Crippen molar-refractivity contribution in [2.75, 3.05) is 7.11 Å². The van der Waals surface area contributed by atoms with Gasteiger partial charge in [0.1, 0.15) is 18.2 Å². The number of nitrogens with two attached hydrogens (primary N) is 1. The molecule has 1 aliphatic heterocycles. The third kappa shape index (κ3) is 4.23. The third-order valence-electron chi connectivity index (χ3n) is 6.06. The standard InChI is InChI=1S/C27H23BrN4O3S/c1-14-9-18(15(2)36-14)24-23-22(19(12-29)26(30)35-27(23)32-31-24)17-10-20(28)25(21(11-17)33-3)34-13-16-7-5-4-6-8-16/h4-11,22H,13,30H2,1-3H3,(H,31,32)/t22-/m0/s1. The molecule has 0 saturated carbocycles. The van der Waals surface area contributed by atoms with Gasteiger partial charge in [-0.05, 0) is 59.1 Å². The number of ether oxygens (including phenoxy) is 3. The quantitative estimate of drug-likeness (QED) is 0.284. The van der Waals surface area contributed by atoms with Crippen LogP contribution in [0.25, 0.3) is 11.3 Å². The fourth-order valence-electron chi connectivity index (χ4n) is 4.44. The summed E-state index contributed by atoms with van der Waals surface area (Å²) in [6.45, 7) is 4.51. The molecule has 0 radical (unpaired) electrons. The number of halogens is 1. The lowest BCUT2D eigenvalue weighted by molar-refractivity contribution is 0.282. The zero-order chi connectivity index (χ0) is 25.4. The average molecular weight is 563 g/mol. The molecule has 3 heterocycles. The minimum atomic E-state index is -0.513. The van der Waals surface area contributed by atoms with Crippen LogP contribution in [0.3, 0.4) is 0 Å². The van der Waals surface area contributed by atoms with Crippen LogP contribution in [0.5, 0.6) is 17.4 Å². The Bertz CT molecular complexity index is 1520. The largest absolute Gasteiger partial charge is 0.493 e. The number of nitriles is 1. The molecule has 4 aromatic rings. The van der Waals surface area contributed by atoms with Crippen LogP contribution in [-0.4, -0.2) is 17.3 Å². The van der Waals surface area contributed by atoms with Gasteiger partial charge in [0.15, 0.2) is 11.5 Å². The number of aryl methyl sites for hydroxylation is 2. The molecule has 9 heteroatoms. The highest BCUT2D eigenvalue weighted by molar-refractivity contribution is 9.10. The van der Waals surface area contributed by atoms with Gasteiger partial charge in [-0.3, -0.25) is 5.10 Å². The second-order valence-corrected chi connectivity index (χ2v) is 10.7. The summed E-state index contributed by atoms with van der Waals surface area (Å²) in [4.78, 5) is 2.32. The van der Waals surface area contributed by atoms with E-state index in [1.807, 2.05) is 42.5 Å². The van der Waals surface area contributed by atoms with E-state index >= 15 is 0 Å². The molecule has 1 atom stereocenters. The summed E-state index contributed by atoms with van der Waals surface area (Å²) >= 11 is 5.36. The van der Waals surface area contributed by atoms with Gasteiger partial charge in [0.05, 0.1) is 28.8 Å². The summed E-state index contributed by atoms with van der Waals surface area (Å²) < 4.78 is 18.3. The molecule has 2 aromatic carbocycles. The Labute approximate surface area is 221 Å². The Morgan fingerprint density at radius 3 is 2.67 bits per heavy atom. The maximum Gasteiger partial charge on any atom is 0.244 e.